The van der Waals surface area contributed by atoms with Gasteiger partial charge in [0, 0.05) is 6.61 Å². The van der Waals surface area contributed by atoms with Crippen molar-refractivity contribution >= 4 is 0 Å². The van der Waals surface area contributed by atoms with E-state index in [1.807, 2.05) is 21.0 Å². The van der Waals surface area contributed by atoms with E-state index in [9.17, 15) is 0 Å². The Morgan fingerprint density at radius 3 is 1.92 bits per heavy atom. The molecule has 0 aromatic heterocycles. The summed E-state index contributed by atoms with van der Waals surface area (Å²) in [5, 5.41) is 16.4. The summed E-state index contributed by atoms with van der Waals surface area (Å²) in [6.45, 7) is 3.11. The Kier molecular flexibility index (Phi) is 13.0. The van der Waals surface area contributed by atoms with E-state index in [-0.39, 0.29) is 0 Å². The van der Waals surface area contributed by atoms with Crippen LogP contribution in [0.25, 0.3) is 0 Å². The van der Waals surface area contributed by atoms with Gasteiger partial charge < -0.3 is 20.8 Å². The van der Waals surface area contributed by atoms with E-state index < -0.39 is 6.23 Å². The molecule has 4 heteroatoms. The largest absolute Gasteiger partial charge is 0.396 e. The third-order valence-corrected chi connectivity index (χ3v) is 1.18. The third kappa shape index (κ3) is 22.5. The average Bonchev–Trinajstić information content (AvgIpc) is 2.02. The zero-order valence-electron chi connectivity index (χ0n) is 8.32. The van der Waals surface area contributed by atoms with Gasteiger partial charge in [-0.3, -0.25) is 0 Å². The molecule has 0 rings (SSSR count). The van der Waals surface area contributed by atoms with Crippen LogP contribution in [0.3, 0.4) is 0 Å². The smallest absolute Gasteiger partial charge is 0.102 e. The second-order valence-electron chi connectivity index (χ2n) is 2.86. The molecule has 0 fully saturated rings. The second kappa shape index (κ2) is 10.8. The van der Waals surface area contributed by atoms with E-state index in [4.69, 9.17) is 15.9 Å². The third-order valence-electron chi connectivity index (χ3n) is 1.18. The van der Waals surface area contributed by atoms with Crippen molar-refractivity contribution < 1.29 is 10.2 Å². The highest BCUT2D eigenvalue weighted by molar-refractivity contribution is 4.39. The first-order valence-electron chi connectivity index (χ1n) is 4.23. The molecule has 0 aromatic carbocycles. The molecule has 1 unspecified atom stereocenters. The van der Waals surface area contributed by atoms with Gasteiger partial charge in [-0.25, -0.2) is 0 Å². The first-order chi connectivity index (χ1) is 5.54. The second-order valence-corrected chi connectivity index (χ2v) is 2.86. The van der Waals surface area contributed by atoms with Crippen molar-refractivity contribution in [3.63, 3.8) is 0 Å². The molecule has 0 aliphatic rings. The number of hydrogen-bond donors (Lipinski definition) is 3. The lowest BCUT2D eigenvalue weighted by atomic mass is 10.4. The lowest BCUT2D eigenvalue weighted by Crippen LogP contribution is -2.16. The van der Waals surface area contributed by atoms with Crippen LogP contribution in [0.1, 0.15) is 19.8 Å². The lowest BCUT2D eigenvalue weighted by Gasteiger charge is -2.05. The molecule has 76 valence electrons. The van der Waals surface area contributed by atoms with Crippen molar-refractivity contribution in [1.82, 2.24) is 4.90 Å². The van der Waals surface area contributed by atoms with E-state index in [1.54, 1.807) is 0 Å². The Balaban J connectivity index is 0. The molecule has 0 saturated heterocycles. The van der Waals surface area contributed by atoms with Crippen molar-refractivity contribution in [2.75, 3.05) is 27.2 Å². The molecule has 0 radical (unpaired) electrons. The number of hydrogen-bond acceptors (Lipinski definition) is 4. The maximum atomic E-state index is 8.29. The summed E-state index contributed by atoms with van der Waals surface area (Å²) in [4.78, 5) is 2.05. The maximum Gasteiger partial charge on any atom is 0.102 e. The average molecular weight is 178 g/mol. The summed E-state index contributed by atoms with van der Waals surface area (Å²) >= 11 is 0. The van der Waals surface area contributed by atoms with Gasteiger partial charge in [-0.05, 0) is 33.5 Å². The fraction of sp³-hybridized carbons (Fsp3) is 1.00. The highest BCUT2D eigenvalue weighted by atomic mass is 16.3. The fourth-order valence-corrected chi connectivity index (χ4v) is 0.387. The molecule has 0 heterocycles. The van der Waals surface area contributed by atoms with E-state index in [0.717, 1.165) is 13.0 Å². The quantitative estimate of drug-likeness (QED) is 0.513. The molecule has 0 aromatic rings. The molecule has 0 aliphatic heterocycles. The summed E-state index contributed by atoms with van der Waals surface area (Å²) in [7, 11) is 3.99. The molecule has 0 amide bonds. The Hall–Kier alpha value is -0.160. The van der Waals surface area contributed by atoms with E-state index in [0.29, 0.717) is 13.0 Å². The highest BCUT2D eigenvalue weighted by Crippen LogP contribution is 1.77. The summed E-state index contributed by atoms with van der Waals surface area (Å²) in [5.74, 6) is 0. The van der Waals surface area contributed by atoms with Crippen LogP contribution in [0, 0.1) is 0 Å². The molecule has 0 aliphatic carbocycles. The minimum absolute atomic E-state index is 0.304. The van der Waals surface area contributed by atoms with Gasteiger partial charge in [0.1, 0.15) is 6.23 Å². The van der Waals surface area contributed by atoms with E-state index in [1.165, 1.54) is 0 Å². The van der Waals surface area contributed by atoms with Crippen molar-refractivity contribution in [2.24, 2.45) is 5.73 Å². The standard InChI is InChI=1S/C5H13NO.C3H9NO/c1-6(2)4-3-5-7;1-2-3(4)5/h7H,3-5H2,1-2H3;3,5H,2,4H2,1H3. The number of nitrogens with two attached hydrogens (primary N) is 1. The van der Waals surface area contributed by atoms with Gasteiger partial charge in [-0.15, -0.1) is 0 Å². The van der Waals surface area contributed by atoms with Gasteiger partial charge in [-0.2, -0.15) is 0 Å². The zero-order valence-corrected chi connectivity index (χ0v) is 8.32. The lowest BCUT2D eigenvalue weighted by molar-refractivity contribution is 0.178. The van der Waals surface area contributed by atoms with Gasteiger partial charge >= 0.3 is 0 Å². The van der Waals surface area contributed by atoms with E-state index in [2.05, 4.69) is 4.90 Å². The molecule has 1 atom stereocenters. The minimum atomic E-state index is -0.616. The van der Waals surface area contributed by atoms with Gasteiger partial charge in [0.2, 0.25) is 0 Å². The first-order valence-corrected chi connectivity index (χ1v) is 4.23. The van der Waals surface area contributed by atoms with Crippen LogP contribution in [-0.2, 0) is 0 Å². The normalized spacial score (nSPS) is 12.2. The van der Waals surface area contributed by atoms with Gasteiger partial charge in [-0.1, -0.05) is 6.92 Å². The Morgan fingerprint density at radius 2 is 1.83 bits per heavy atom. The topological polar surface area (TPSA) is 69.7 Å². The number of rotatable bonds is 4. The highest BCUT2D eigenvalue weighted by Gasteiger charge is 1.84. The monoisotopic (exact) mass is 178 g/mol. The Labute approximate surface area is 75.0 Å². The molecule has 12 heavy (non-hydrogen) atoms. The predicted molar refractivity (Wildman–Crippen MR) is 50.7 cm³/mol. The molecular weight excluding hydrogens is 156 g/mol. The van der Waals surface area contributed by atoms with Crippen LogP contribution in [0.4, 0.5) is 0 Å². The Morgan fingerprint density at radius 1 is 1.42 bits per heavy atom. The summed E-state index contributed by atoms with van der Waals surface area (Å²) < 4.78 is 0. The number of aliphatic hydroxyl groups excluding tert-OH is 2. The van der Waals surface area contributed by atoms with Gasteiger partial charge in [0.15, 0.2) is 0 Å². The maximum absolute atomic E-state index is 8.29. The zero-order chi connectivity index (χ0) is 9.98. The van der Waals surface area contributed by atoms with Crippen molar-refractivity contribution in [2.45, 2.75) is 26.0 Å². The minimum Gasteiger partial charge on any atom is -0.396 e. The molecule has 0 spiro atoms. The first kappa shape index (κ1) is 14.4. The molecular formula is C8H22N2O2. The molecule has 0 saturated carbocycles. The van der Waals surface area contributed by atoms with Crippen molar-refractivity contribution in [1.29, 1.82) is 0 Å². The summed E-state index contributed by atoms with van der Waals surface area (Å²) in [5.41, 5.74) is 4.85. The number of aliphatic hydroxyl groups is 2. The summed E-state index contributed by atoms with van der Waals surface area (Å²) in [6, 6.07) is 0. The van der Waals surface area contributed by atoms with Crippen molar-refractivity contribution in [3.8, 4) is 0 Å². The SMILES string of the molecule is CCC(N)O.CN(C)CCCO. The predicted octanol–water partition coefficient (Wildman–Crippen LogP) is -0.396. The van der Waals surface area contributed by atoms with Crippen LogP contribution < -0.4 is 5.73 Å². The Bertz CT molecular complexity index is 77.5. The van der Waals surface area contributed by atoms with Crippen LogP contribution >= 0.6 is 0 Å². The molecule has 0 bridgehead atoms. The van der Waals surface area contributed by atoms with Crippen LogP contribution in [0.2, 0.25) is 0 Å². The van der Waals surface area contributed by atoms with Crippen LogP contribution in [-0.4, -0.2) is 48.6 Å². The van der Waals surface area contributed by atoms with Gasteiger partial charge in [0.25, 0.3) is 0 Å². The molecule has 4 N–H and O–H groups in total. The van der Waals surface area contributed by atoms with E-state index >= 15 is 0 Å². The summed E-state index contributed by atoms with van der Waals surface area (Å²) in [6.07, 6.45) is 0.905. The van der Waals surface area contributed by atoms with Gasteiger partial charge in [0.05, 0.1) is 0 Å². The van der Waals surface area contributed by atoms with Crippen molar-refractivity contribution in [3.05, 3.63) is 0 Å². The fourth-order valence-electron chi connectivity index (χ4n) is 0.387. The number of nitrogens with zero attached hydrogens (tertiary/aromatic N) is 1. The molecule has 4 nitrogen and oxygen atoms in total. The van der Waals surface area contributed by atoms with Crippen LogP contribution in [0.5, 0.6) is 0 Å². The van der Waals surface area contributed by atoms with Crippen LogP contribution in [0.15, 0.2) is 0 Å².